The Balaban J connectivity index is 1.94. The molecular weight excluding hydrogens is 236 g/mol. The molecule has 0 spiro atoms. The summed E-state index contributed by atoms with van der Waals surface area (Å²) in [6, 6.07) is 6.67. The minimum absolute atomic E-state index is 0.452. The van der Waals surface area contributed by atoms with Gasteiger partial charge in [0.15, 0.2) is 0 Å². The third-order valence-corrected chi connectivity index (χ3v) is 4.19. The number of likely N-dealkylation sites (tertiary alicyclic amines) is 1. The molecule has 106 valence electrons. The highest BCUT2D eigenvalue weighted by Crippen LogP contribution is 2.23. The number of aryl methyl sites for hydroxylation is 1. The summed E-state index contributed by atoms with van der Waals surface area (Å²) >= 11 is 0. The van der Waals surface area contributed by atoms with E-state index in [9.17, 15) is 5.11 Å². The molecule has 0 aromatic heterocycles. The Bertz CT molecular complexity index is 419. The number of para-hydroxylation sites is 1. The molecule has 1 heterocycles. The summed E-state index contributed by atoms with van der Waals surface area (Å²) in [5.41, 5.74) is 1.99. The van der Waals surface area contributed by atoms with Gasteiger partial charge in [0.25, 0.3) is 0 Å². The van der Waals surface area contributed by atoms with Gasteiger partial charge < -0.3 is 10.0 Å². The smallest absolute Gasteiger partial charge is 0.122 e. The third-order valence-electron chi connectivity index (χ3n) is 4.19. The molecule has 1 aromatic rings. The van der Waals surface area contributed by atoms with Crippen LogP contribution in [-0.2, 0) is 6.54 Å². The molecule has 1 aliphatic heterocycles. The second-order valence-corrected chi connectivity index (χ2v) is 5.70. The molecule has 19 heavy (non-hydrogen) atoms. The molecule has 1 saturated heterocycles. The summed E-state index contributed by atoms with van der Waals surface area (Å²) < 4.78 is 0. The molecule has 1 atom stereocenters. The molecule has 0 aliphatic carbocycles. The Hall–Kier alpha value is -1.06. The van der Waals surface area contributed by atoms with Crippen LogP contribution >= 0.6 is 0 Å². The van der Waals surface area contributed by atoms with Gasteiger partial charge in [0, 0.05) is 24.7 Å². The van der Waals surface area contributed by atoms with Crippen molar-refractivity contribution in [2.75, 3.05) is 26.7 Å². The van der Waals surface area contributed by atoms with E-state index in [2.05, 4.69) is 23.8 Å². The predicted molar refractivity (Wildman–Crippen MR) is 79.4 cm³/mol. The van der Waals surface area contributed by atoms with Crippen molar-refractivity contribution in [1.29, 1.82) is 0 Å². The summed E-state index contributed by atoms with van der Waals surface area (Å²) in [5.74, 6) is 0.452. The van der Waals surface area contributed by atoms with E-state index in [1.807, 2.05) is 25.1 Å². The van der Waals surface area contributed by atoms with Gasteiger partial charge >= 0.3 is 0 Å². The maximum absolute atomic E-state index is 10.1. The van der Waals surface area contributed by atoms with Gasteiger partial charge in [-0.3, -0.25) is 4.90 Å². The average molecular weight is 262 g/mol. The number of benzene rings is 1. The van der Waals surface area contributed by atoms with Crippen molar-refractivity contribution in [2.45, 2.75) is 39.3 Å². The Kier molecular flexibility index (Phi) is 4.83. The summed E-state index contributed by atoms with van der Waals surface area (Å²) in [4.78, 5) is 4.89. The van der Waals surface area contributed by atoms with Crippen molar-refractivity contribution in [1.82, 2.24) is 9.80 Å². The minimum atomic E-state index is 0.452. The molecule has 1 fully saturated rings. The molecule has 1 aliphatic rings. The van der Waals surface area contributed by atoms with Crippen molar-refractivity contribution in [3.8, 4) is 5.75 Å². The zero-order valence-electron chi connectivity index (χ0n) is 12.4. The fourth-order valence-corrected chi connectivity index (χ4v) is 3.08. The third kappa shape index (κ3) is 3.48. The SMILES string of the molecule is CCN1CCCC1CN(C)Cc1cccc(C)c1O. The molecular formula is C16H26N2O. The van der Waals surface area contributed by atoms with E-state index in [0.717, 1.165) is 30.8 Å². The number of nitrogens with zero attached hydrogens (tertiary/aromatic N) is 2. The molecule has 2 rings (SSSR count). The topological polar surface area (TPSA) is 26.7 Å². The first-order valence-electron chi connectivity index (χ1n) is 7.32. The summed E-state index contributed by atoms with van der Waals surface area (Å²) in [5, 5.41) is 10.1. The van der Waals surface area contributed by atoms with Crippen LogP contribution in [0.4, 0.5) is 0 Å². The van der Waals surface area contributed by atoms with Crippen LogP contribution < -0.4 is 0 Å². The molecule has 0 amide bonds. The van der Waals surface area contributed by atoms with Crippen LogP contribution in [0.5, 0.6) is 5.75 Å². The van der Waals surface area contributed by atoms with E-state index < -0.39 is 0 Å². The predicted octanol–water partition coefficient (Wildman–Crippen LogP) is 2.62. The lowest BCUT2D eigenvalue weighted by atomic mass is 10.1. The molecule has 1 aromatic carbocycles. The Labute approximate surface area is 116 Å². The van der Waals surface area contributed by atoms with Crippen molar-refractivity contribution < 1.29 is 5.11 Å². The molecule has 3 heteroatoms. The number of hydrogen-bond acceptors (Lipinski definition) is 3. The highest BCUT2D eigenvalue weighted by molar-refractivity contribution is 5.39. The largest absolute Gasteiger partial charge is 0.507 e. The van der Waals surface area contributed by atoms with Crippen molar-refractivity contribution in [3.63, 3.8) is 0 Å². The quantitative estimate of drug-likeness (QED) is 0.883. The Morgan fingerprint density at radius 2 is 2.21 bits per heavy atom. The van der Waals surface area contributed by atoms with Crippen molar-refractivity contribution in [2.24, 2.45) is 0 Å². The monoisotopic (exact) mass is 262 g/mol. The fourth-order valence-electron chi connectivity index (χ4n) is 3.08. The number of hydrogen-bond donors (Lipinski definition) is 1. The molecule has 0 bridgehead atoms. The number of likely N-dealkylation sites (N-methyl/N-ethyl adjacent to an activating group) is 2. The van der Waals surface area contributed by atoms with E-state index >= 15 is 0 Å². The molecule has 1 unspecified atom stereocenters. The zero-order valence-corrected chi connectivity index (χ0v) is 12.4. The normalized spacial score (nSPS) is 20.3. The number of phenolic OH excluding ortho intramolecular Hbond substituents is 1. The van der Waals surface area contributed by atoms with Gasteiger partial charge in [-0.2, -0.15) is 0 Å². The summed E-state index contributed by atoms with van der Waals surface area (Å²) in [6.45, 7) is 8.49. The van der Waals surface area contributed by atoms with Gasteiger partial charge in [0.05, 0.1) is 0 Å². The summed E-state index contributed by atoms with van der Waals surface area (Å²) in [6.07, 6.45) is 2.63. The van der Waals surface area contributed by atoms with Crippen LogP contribution in [0.25, 0.3) is 0 Å². The lowest BCUT2D eigenvalue weighted by Gasteiger charge is -2.28. The second kappa shape index (κ2) is 6.40. The van der Waals surface area contributed by atoms with Crippen LogP contribution in [0.1, 0.15) is 30.9 Å². The van der Waals surface area contributed by atoms with Crippen LogP contribution in [-0.4, -0.2) is 47.6 Å². The number of aromatic hydroxyl groups is 1. The van der Waals surface area contributed by atoms with E-state index in [-0.39, 0.29) is 0 Å². The first-order chi connectivity index (χ1) is 9.11. The van der Waals surface area contributed by atoms with E-state index in [1.54, 1.807) is 0 Å². The standard InChI is InChI=1S/C16H26N2O/c1-4-18-10-6-9-15(18)12-17(3)11-14-8-5-7-13(2)16(14)19/h5,7-8,15,19H,4,6,9-12H2,1-3H3. The Morgan fingerprint density at radius 1 is 1.42 bits per heavy atom. The molecule has 1 N–H and O–H groups in total. The van der Waals surface area contributed by atoms with Crippen LogP contribution in [0.2, 0.25) is 0 Å². The van der Waals surface area contributed by atoms with E-state index in [4.69, 9.17) is 0 Å². The lowest BCUT2D eigenvalue weighted by molar-refractivity contribution is 0.194. The van der Waals surface area contributed by atoms with Gasteiger partial charge in [-0.05, 0) is 45.5 Å². The van der Waals surface area contributed by atoms with E-state index in [0.29, 0.717) is 11.8 Å². The van der Waals surface area contributed by atoms with Gasteiger partial charge in [-0.15, -0.1) is 0 Å². The highest BCUT2D eigenvalue weighted by Gasteiger charge is 2.24. The number of rotatable bonds is 5. The molecule has 3 nitrogen and oxygen atoms in total. The first-order valence-corrected chi connectivity index (χ1v) is 7.32. The van der Waals surface area contributed by atoms with Crippen LogP contribution in [0.3, 0.4) is 0 Å². The lowest BCUT2D eigenvalue weighted by Crippen LogP contribution is -2.38. The van der Waals surface area contributed by atoms with Gasteiger partial charge in [-0.25, -0.2) is 0 Å². The number of phenols is 1. The highest BCUT2D eigenvalue weighted by atomic mass is 16.3. The summed E-state index contributed by atoms with van der Waals surface area (Å²) in [7, 11) is 2.15. The van der Waals surface area contributed by atoms with Crippen molar-refractivity contribution in [3.05, 3.63) is 29.3 Å². The van der Waals surface area contributed by atoms with Gasteiger partial charge in [0.2, 0.25) is 0 Å². The second-order valence-electron chi connectivity index (χ2n) is 5.70. The van der Waals surface area contributed by atoms with E-state index in [1.165, 1.54) is 19.4 Å². The zero-order chi connectivity index (χ0) is 13.8. The van der Waals surface area contributed by atoms with Gasteiger partial charge in [0.1, 0.15) is 5.75 Å². The van der Waals surface area contributed by atoms with Gasteiger partial charge in [-0.1, -0.05) is 25.1 Å². The van der Waals surface area contributed by atoms with Crippen molar-refractivity contribution >= 4 is 0 Å². The molecule has 0 saturated carbocycles. The van der Waals surface area contributed by atoms with Crippen LogP contribution in [0.15, 0.2) is 18.2 Å². The average Bonchev–Trinajstić information content (AvgIpc) is 2.82. The Morgan fingerprint density at radius 3 is 2.95 bits per heavy atom. The minimum Gasteiger partial charge on any atom is -0.507 e. The van der Waals surface area contributed by atoms with Crippen LogP contribution in [0, 0.1) is 6.92 Å². The fraction of sp³-hybridized carbons (Fsp3) is 0.625. The molecule has 0 radical (unpaired) electrons. The first kappa shape index (κ1) is 14.4. The maximum Gasteiger partial charge on any atom is 0.122 e. The maximum atomic E-state index is 10.1.